The van der Waals surface area contributed by atoms with Gasteiger partial charge < -0.3 is 19.1 Å². The second kappa shape index (κ2) is 8.71. The molecule has 0 aliphatic carbocycles. The van der Waals surface area contributed by atoms with Gasteiger partial charge in [0, 0.05) is 25.7 Å². The average molecular weight is 405 g/mol. The number of hydrogen-bond acceptors (Lipinski definition) is 5. The van der Waals surface area contributed by atoms with Crippen molar-refractivity contribution in [3.05, 3.63) is 82.7 Å². The molecule has 0 bridgehead atoms. The van der Waals surface area contributed by atoms with Crippen LogP contribution in [-0.4, -0.2) is 47.5 Å². The van der Waals surface area contributed by atoms with Crippen LogP contribution in [0.2, 0.25) is 0 Å². The summed E-state index contributed by atoms with van der Waals surface area (Å²) >= 11 is 0. The number of likely N-dealkylation sites (N-methyl/N-ethyl adjacent to an activating group) is 1. The Kier molecular flexibility index (Phi) is 5.86. The molecule has 2 heterocycles. The van der Waals surface area contributed by atoms with E-state index in [1.54, 1.807) is 6.07 Å². The Hall–Kier alpha value is -3.12. The fourth-order valence-corrected chi connectivity index (χ4v) is 3.92. The number of aryl methyl sites for hydroxylation is 2. The molecule has 156 valence electrons. The minimum absolute atomic E-state index is 0.0107. The molecule has 6 heteroatoms. The highest BCUT2D eigenvalue weighted by Crippen LogP contribution is 2.27. The molecule has 0 spiro atoms. The number of benzene rings is 2. The molecule has 0 N–H and O–H groups in total. The second-order valence-electron chi connectivity index (χ2n) is 7.88. The van der Waals surface area contributed by atoms with Crippen molar-refractivity contribution in [1.29, 1.82) is 0 Å². The van der Waals surface area contributed by atoms with E-state index < -0.39 is 0 Å². The minimum atomic E-state index is -0.112. The van der Waals surface area contributed by atoms with Gasteiger partial charge in [0.05, 0.1) is 6.04 Å². The lowest BCUT2D eigenvalue weighted by molar-refractivity contribution is 0.0488. The first kappa shape index (κ1) is 20.2. The standard InChI is InChI=1S/C24H27N3O3/c1-17-8-7-9-18(2)23(17)29-16-20-14-21(25-30-20)24(28)27-13-12-26(3)15-22(27)19-10-5-4-6-11-19/h4-11,14,22H,12-13,15-16H2,1-3H3/t22-/m1/s1. The normalized spacial score (nSPS) is 17.2. The molecule has 1 atom stereocenters. The van der Waals surface area contributed by atoms with Gasteiger partial charge in [-0.15, -0.1) is 0 Å². The molecule has 0 saturated carbocycles. The number of nitrogens with zero attached hydrogens (tertiary/aromatic N) is 3. The Morgan fingerprint density at radius 3 is 2.57 bits per heavy atom. The van der Waals surface area contributed by atoms with Crippen molar-refractivity contribution in [2.24, 2.45) is 0 Å². The molecule has 0 unspecified atom stereocenters. The predicted molar refractivity (Wildman–Crippen MR) is 114 cm³/mol. The summed E-state index contributed by atoms with van der Waals surface area (Å²) < 4.78 is 11.3. The summed E-state index contributed by atoms with van der Waals surface area (Å²) in [5.41, 5.74) is 3.57. The number of hydrogen-bond donors (Lipinski definition) is 0. The summed E-state index contributed by atoms with van der Waals surface area (Å²) in [6, 6.07) is 17.8. The van der Waals surface area contributed by atoms with Gasteiger partial charge in [-0.25, -0.2) is 0 Å². The molecular formula is C24H27N3O3. The van der Waals surface area contributed by atoms with E-state index in [9.17, 15) is 4.79 Å². The number of para-hydroxylation sites is 1. The van der Waals surface area contributed by atoms with E-state index in [2.05, 4.69) is 29.2 Å². The maximum atomic E-state index is 13.2. The zero-order chi connectivity index (χ0) is 21.1. The van der Waals surface area contributed by atoms with Crippen molar-refractivity contribution >= 4 is 5.91 Å². The van der Waals surface area contributed by atoms with Gasteiger partial charge in [0.15, 0.2) is 11.5 Å². The molecule has 1 fully saturated rings. The van der Waals surface area contributed by atoms with Gasteiger partial charge in [-0.2, -0.15) is 0 Å². The third-order valence-electron chi connectivity index (χ3n) is 5.57. The number of rotatable bonds is 5. The molecule has 3 aromatic rings. The lowest BCUT2D eigenvalue weighted by Crippen LogP contribution is -2.49. The molecule has 1 aliphatic rings. The Morgan fingerprint density at radius 1 is 1.10 bits per heavy atom. The van der Waals surface area contributed by atoms with Gasteiger partial charge in [0.25, 0.3) is 5.91 Å². The van der Waals surface area contributed by atoms with Gasteiger partial charge in [0.1, 0.15) is 12.4 Å². The fourth-order valence-electron chi connectivity index (χ4n) is 3.92. The van der Waals surface area contributed by atoms with Crippen molar-refractivity contribution in [2.75, 3.05) is 26.7 Å². The number of carbonyl (C=O) groups is 1. The van der Waals surface area contributed by atoms with E-state index in [0.717, 1.165) is 35.5 Å². The third-order valence-corrected chi connectivity index (χ3v) is 5.57. The van der Waals surface area contributed by atoms with Gasteiger partial charge in [-0.3, -0.25) is 4.79 Å². The quantitative estimate of drug-likeness (QED) is 0.642. The molecule has 4 rings (SSSR count). The lowest BCUT2D eigenvalue weighted by Gasteiger charge is -2.40. The Labute approximate surface area is 177 Å². The van der Waals surface area contributed by atoms with Crippen LogP contribution in [0.15, 0.2) is 59.1 Å². The topological polar surface area (TPSA) is 58.8 Å². The number of amides is 1. The van der Waals surface area contributed by atoms with Gasteiger partial charge in [0.2, 0.25) is 0 Å². The van der Waals surface area contributed by atoms with Crippen LogP contribution >= 0.6 is 0 Å². The maximum Gasteiger partial charge on any atom is 0.276 e. The van der Waals surface area contributed by atoms with Crippen LogP contribution in [0, 0.1) is 13.8 Å². The van der Waals surface area contributed by atoms with Gasteiger partial charge in [-0.05, 0) is 37.6 Å². The highest BCUT2D eigenvalue weighted by atomic mass is 16.5. The highest BCUT2D eigenvalue weighted by molar-refractivity contribution is 5.92. The van der Waals surface area contributed by atoms with Crippen molar-refractivity contribution in [3.8, 4) is 5.75 Å². The molecule has 1 aliphatic heterocycles. The van der Waals surface area contributed by atoms with Crippen LogP contribution in [0.5, 0.6) is 5.75 Å². The predicted octanol–water partition coefficient (Wildman–Crippen LogP) is 4.00. The minimum Gasteiger partial charge on any atom is -0.485 e. The molecule has 1 saturated heterocycles. The number of aromatic nitrogens is 1. The molecule has 6 nitrogen and oxygen atoms in total. The van der Waals surface area contributed by atoms with Crippen LogP contribution in [0.1, 0.15) is 39.0 Å². The molecule has 30 heavy (non-hydrogen) atoms. The van der Waals surface area contributed by atoms with Crippen molar-refractivity contribution in [2.45, 2.75) is 26.5 Å². The summed E-state index contributed by atoms with van der Waals surface area (Å²) in [5.74, 6) is 1.26. The zero-order valence-corrected chi connectivity index (χ0v) is 17.7. The molecule has 1 amide bonds. The van der Waals surface area contributed by atoms with Crippen LogP contribution in [0.4, 0.5) is 0 Å². The van der Waals surface area contributed by atoms with Crippen LogP contribution < -0.4 is 4.74 Å². The summed E-state index contributed by atoms with van der Waals surface area (Å²) in [4.78, 5) is 17.4. The van der Waals surface area contributed by atoms with E-state index in [0.29, 0.717) is 18.0 Å². The zero-order valence-electron chi connectivity index (χ0n) is 17.7. The second-order valence-corrected chi connectivity index (χ2v) is 7.88. The third kappa shape index (κ3) is 4.24. The fraction of sp³-hybridized carbons (Fsp3) is 0.333. The number of carbonyl (C=O) groups excluding carboxylic acids is 1. The Balaban J connectivity index is 1.49. The van der Waals surface area contributed by atoms with Gasteiger partial charge >= 0.3 is 0 Å². The average Bonchev–Trinajstić information content (AvgIpc) is 3.22. The van der Waals surface area contributed by atoms with Crippen molar-refractivity contribution in [3.63, 3.8) is 0 Å². The van der Waals surface area contributed by atoms with Crippen LogP contribution in [0.3, 0.4) is 0 Å². The van der Waals surface area contributed by atoms with Gasteiger partial charge in [-0.1, -0.05) is 53.7 Å². The Bertz CT molecular complexity index is 995. The highest BCUT2D eigenvalue weighted by Gasteiger charge is 2.32. The molecule has 0 radical (unpaired) electrons. The summed E-state index contributed by atoms with van der Waals surface area (Å²) in [6.07, 6.45) is 0. The summed E-state index contributed by atoms with van der Waals surface area (Å²) in [6.45, 7) is 6.52. The van der Waals surface area contributed by atoms with Crippen LogP contribution in [-0.2, 0) is 6.61 Å². The lowest BCUT2D eigenvalue weighted by atomic mass is 10.0. The summed E-state index contributed by atoms with van der Waals surface area (Å²) in [5, 5.41) is 4.04. The smallest absolute Gasteiger partial charge is 0.276 e. The molecule has 1 aromatic heterocycles. The molecule has 2 aromatic carbocycles. The van der Waals surface area contributed by atoms with Crippen molar-refractivity contribution in [1.82, 2.24) is 15.0 Å². The monoisotopic (exact) mass is 405 g/mol. The number of piperazine rings is 1. The Morgan fingerprint density at radius 2 is 1.83 bits per heavy atom. The van der Waals surface area contributed by atoms with E-state index in [4.69, 9.17) is 9.26 Å². The van der Waals surface area contributed by atoms with E-state index in [1.807, 2.05) is 55.1 Å². The summed E-state index contributed by atoms with van der Waals surface area (Å²) in [7, 11) is 2.08. The largest absolute Gasteiger partial charge is 0.485 e. The first-order valence-electron chi connectivity index (χ1n) is 10.2. The van der Waals surface area contributed by atoms with E-state index in [-0.39, 0.29) is 18.6 Å². The maximum absolute atomic E-state index is 13.2. The van der Waals surface area contributed by atoms with Crippen LogP contribution in [0.25, 0.3) is 0 Å². The number of ether oxygens (including phenoxy) is 1. The first-order valence-corrected chi connectivity index (χ1v) is 10.2. The first-order chi connectivity index (χ1) is 14.5. The molecular weight excluding hydrogens is 378 g/mol. The van der Waals surface area contributed by atoms with E-state index >= 15 is 0 Å². The van der Waals surface area contributed by atoms with Crippen molar-refractivity contribution < 1.29 is 14.1 Å². The van der Waals surface area contributed by atoms with E-state index in [1.165, 1.54) is 0 Å². The SMILES string of the molecule is Cc1cccc(C)c1OCc1cc(C(=O)N2CCN(C)C[C@@H]2c2ccccc2)no1.